The average molecular weight is 321 g/mol. The summed E-state index contributed by atoms with van der Waals surface area (Å²) in [5.74, 6) is -0.638. The molecule has 2 aromatic carbocycles. The number of carbonyl (C=O) groups excluding carboxylic acids is 3. The number of benzene rings is 2. The van der Waals surface area contributed by atoms with Crippen LogP contribution in [-0.2, 0) is 0 Å². The van der Waals surface area contributed by atoms with E-state index in [2.05, 4.69) is 0 Å². The Morgan fingerprint density at radius 2 is 1.29 bits per heavy atom. The number of rotatable bonds is 2. The van der Waals surface area contributed by atoms with E-state index in [1.165, 1.54) is 4.90 Å². The largest absolute Gasteiger partial charge is 0.326 e. The molecule has 6 nitrogen and oxygen atoms in total. The molecule has 0 spiro atoms. The zero-order valence-corrected chi connectivity index (χ0v) is 13.1. The number of urea groups is 1. The zero-order chi connectivity index (χ0) is 16.8. The van der Waals surface area contributed by atoms with Gasteiger partial charge in [-0.3, -0.25) is 14.5 Å². The Balaban J connectivity index is 1.64. The molecule has 4 rings (SSSR count). The van der Waals surface area contributed by atoms with Crippen LogP contribution < -0.4 is 9.80 Å². The molecule has 1 fully saturated rings. The van der Waals surface area contributed by atoms with Gasteiger partial charge >= 0.3 is 6.03 Å². The molecule has 2 heterocycles. The minimum absolute atomic E-state index is 0.0523. The number of carbonyl (C=O) groups is 3. The van der Waals surface area contributed by atoms with Gasteiger partial charge in [0.2, 0.25) is 0 Å². The van der Waals surface area contributed by atoms with Gasteiger partial charge in [-0.15, -0.1) is 0 Å². The van der Waals surface area contributed by atoms with Gasteiger partial charge in [-0.05, 0) is 36.4 Å². The summed E-state index contributed by atoms with van der Waals surface area (Å²) in [5.41, 5.74) is 2.10. The molecule has 0 atom stereocenters. The summed E-state index contributed by atoms with van der Waals surface area (Å²) in [6, 6.07) is 13.7. The summed E-state index contributed by atoms with van der Waals surface area (Å²) in [7, 11) is 1.76. The summed E-state index contributed by atoms with van der Waals surface area (Å²) in [4.78, 5) is 41.5. The van der Waals surface area contributed by atoms with Crippen molar-refractivity contribution in [1.82, 2.24) is 4.90 Å². The Morgan fingerprint density at radius 3 is 1.79 bits per heavy atom. The lowest BCUT2D eigenvalue weighted by Crippen LogP contribution is -2.30. The van der Waals surface area contributed by atoms with Gasteiger partial charge in [0.25, 0.3) is 11.8 Å². The molecule has 4 amide bonds. The molecule has 6 heteroatoms. The number of hydrogen-bond acceptors (Lipinski definition) is 3. The molecule has 0 N–H and O–H groups in total. The minimum Gasteiger partial charge on any atom is -0.326 e. The van der Waals surface area contributed by atoms with Crippen LogP contribution in [0.2, 0.25) is 0 Å². The van der Waals surface area contributed by atoms with E-state index in [-0.39, 0.29) is 17.8 Å². The van der Waals surface area contributed by atoms with E-state index in [4.69, 9.17) is 0 Å². The molecule has 0 radical (unpaired) electrons. The normalized spacial score (nSPS) is 17.0. The number of nitrogens with zero attached hydrogens (tertiary/aromatic N) is 3. The van der Waals surface area contributed by atoms with Gasteiger partial charge in [-0.1, -0.05) is 12.1 Å². The fourth-order valence-corrected chi connectivity index (χ4v) is 3.09. The van der Waals surface area contributed by atoms with E-state index >= 15 is 0 Å². The second-order valence-corrected chi connectivity index (χ2v) is 5.86. The molecule has 0 bridgehead atoms. The molecule has 2 aliphatic heterocycles. The van der Waals surface area contributed by atoms with Crippen molar-refractivity contribution in [2.75, 3.05) is 29.9 Å². The van der Waals surface area contributed by atoms with Crippen LogP contribution in [0.4, 0.5) is 16.2 Å². The summed E-state index contributed by atoms with van der Waals surface area (Å²) in [5, 5.41) is 0. The first-order chi connectivity index (χ1) is 11.6. The van der Waals surface area contributed by atoms with Crippen LogP contribution in [0, 0.1) is 0 Å². The van der Waals surface area contributed by atoms with Crippen LogP contribution in [0.5, 0.6) is 0 Å². The first kappa shape index (κ1) is 14.4. The monoisotopic (exact) mass is 321 g/mol. The van der Waals surface area contributed by atoms with E-state index in [1.54, 1.807) is 65.4 Å². The molecule has 0 saturated carbocycles. The molecular weight excluding hydrogens is 306 g/mol. The fraction of sp³-hybridized carbons (Fsp3) is 0.167. The average Bonchev–Trinajstić information content (AvgIpc) is 3.07. The Bertz CT molecular complexity index is 825. The molecule has 2 aliphatic rings. The third kappa shape index (κ3) is 2.00. The first-order valence-electron chi connectivity index (χ1n) is 7.68. The Labute approximate surface area is 138 Å². The maximum absolute atomic E-state index is 12.5. The lowest BCUT2D eigenvalue weighted by Gasteiger charge is -2.18. The number of fused-ring (bicyclic) bond motifs is 1. The van der Waals surface area contributed by atoms with Crippen LogP contribution in [0.3, 0.4) is 0 Å². The van der Waals surface area contributed by atoms with Crippen molar-refractivity contribution >= 4 is 29.2 Å². The standard InChI is InChI=1S/C18H15N3O3/c1-19-10-11-20(18(19)24)12-6-8-13(9-7-12)21-16(22)14-4-2-3-5-15(14)17(21)23/h2-9H,10-11H2,1H3. The van der Waals surface area contributed by atoms with Gasteiger partial charge in [0.15, 0.2) is 0 Å². The highest BCUT2D eigenvalue weighted by Gasteiger charge is 2.36. The van der Waals surface area contributed by atoms with Crippen LogP contribution in [0.25, 0.3) is 0 Å². The van der Waals surface area contributed by atoms with E-state index in [9.17, 15) is 14.4 Å². The van der Waals surface area contributed by atoms with Gasteiger partial charge in [-0.25, -0.2) is 9.69 Å². The van der Waals surface area contributed by atoms with Crippen LogP contribution in [0.15, 0.2) is 48.5 Å². The lowest BCUT2D eigenvalue weighted by atomic mass is 10.1. The summed E-state index contributed by atoms with van der Waals surface area (Å²) < 4.78 is 0. The highest BCUT2D eigenvalue weighted by atomic mass is 16.2. The number of hydrogen-bond donors (Lipinski definition) is 0. The SMILES string of the molecule is CN1CCN(c2ccc(N3C(=O)c4ccccc4C3=O)cc2)C1=O. The first-order valence-corrected chi connectivity index (χ1v) is 7.68. The van der Waals surface area contributed by atoms with Crippen molar-refractivity contribution < 1.29 is 14.4 Å². The quantitative estimate of drug-likeness (QED) is 0.798. The number of likely N-dealkylation sites (N-methyl/N-ethyl adjacent to an activating group) is 1. The maximum Gasteiger partial charge on any atom is 0.324 e. The van der Waals surface area contributed by atoms with Crippen LogP contribution >= 0.6 is 0 Å². The van der Waals surface area contributed by atoms with Crippen molar-refractivity contribution in [3.05, 3.63) is 59.7 Å². The Hall–Kier alpha value is -3.15. The van der Waals surface area contributed by atoms with Crippen molar-refractivity contribution in [3.63, 3.8) is 0 Å². The number of imide groups is 1. The van der Waals surface area contributed by atoms with Crippen molar-refractivity contribution in [3.8, 4) is 0 Å². The predicted octanol–water partition coefficient (Wildman–Crippen LogP) is 2.36. The third-order valence-corrected chi connectivity index (χ3v) is 4.43. The number of amides is 4. The minimum atomic E-state index is -0.319. The Kier molecular flexibility index (Phi) is 3.13. The smallest absolute Gasteiger partial charge is 0.324 e. The van der Waals surface area contributed by atoms with E-state index in [0.717, 1.165) is 5.69 Å². The van der Waals surface area contributed by atoms with E-state index < -0.39 is 0 Å². The summed E-state index contributed by atoms with van der Waals surface area (Å²) in [6.07, 6.45) is 0. The van der Waals surface area contributed by atoms with Crippen molar-refractivity contribution in [2.24, 2.45) is 0 Å². The van der Waals surface area contributed by atoms with Gasteiger partial charge in [0.05, 0.1) is 16.8 Å². The second-order valence-electron chi connectivity index (χ2n) is 5.86. The topological polar surface area (TPSA) is 60.9 Å². The predicted molar refractivity (Wildman–Crippen MR) is 89.4 cm³/mol. The summed E-state index contributed by atoms with van der Waals surface area (Å²) >= 11 is 0. The molecule has 24 heavy (non-hydrogen) atoms. The van der Waals surface area contributed by atoms with Gasteiger partial charge in [-0.2, -0.15) is 0 Å². The van der Waals surface area contributed by atoms with Crippen molar-refractivity contribution in [1.29, 1.82) is 0 Å². The molecule has 1 saturated heterocycles. The molecule has 120 valence electrons. The van der Waals surface area contributed by atoms with Crippen LogP contribution in [-0.4, -0.2) is 42.9 Å². The molecule has 2 aromatic rings. The molecule has 0 aromatic heterocycles. The Morgan fingerprint density at radius 1 is 0.750 bits per heavy atom. The van der Waals surface area contributed by atoms with Gasteiger partial charge in [0.1, 0.15) is 0 Å². The fourth-order valence-electron chi connectivity index (χ4n) is 3.09. The number of anilines is 2. The van der Waals surface area contributed by atoms with E-state index in [1.807, 2.05) is 0 Å². The molecule has 0 unspecified atom stereocenters. The zero-order valence-electron chi connectivity index (χ0n) is 13.1. The van der Waals surface area contributed by atoms with Gasteiger partial charge < -0.3 is 4.90 Å². The maximum atomic E-state index is 12.5. The summed E-state index contributed by atoms with van der Waals surface area (Å²) in [6.45, 7) is 1.31. The highest BCUT2D eigenvalue weighted by molar-refractivity contribution is 6.34. The molecular formula is C18H15N3O3. The second kappa shape index (κ2) is 5.19. The van der Waals surface area contributed by atoms with Gasteiger partial charge in [0, 0.05) is 25.8 Å². The van der Waals surface area contributed by atoms with Crippen molar-refractivity contribution in [2.45, 2.75) is 0 Å². The lowest BCUT2D eigenvalue weighted by molar-refractivity contribution is 0.0926. The van der Waals surface area contributed by atoms with Crippen LogP contribution in [0.1, 0.15) is 20.7 Å². The molecule has 0 aliphatic carbocycles. The highest BCUT2D eigenvalue weighted by Crippen LogP contribution is 2.30. The third-order valence-electron chi connectivity index (χ3n) is 4.43. The van der Waals surface area contributed by atoms with E-state index in [0.29, 0.717) is 29.9 Å².